The summed E-state index contributed by atoms with van der Waals surface area (Å²) in [4.78, 5) is 6.29. The van der Waals surface area contributed by atoms with Crippen LogP contribution in [0.25, 0.3) is 0 Å². The van der Waals surface area contributed by atoms with Gasteiger partial charge < -0.3 is 15.3 Å². The van der Waals surface area contributed by atoms with Crippen LogP contribution in [0.1, 0.15) is 25.5 Å². The molecular formula is C12H21N3O. The first-order chi connectivity index (χ1) is 7.60. The lowest BCUT2D eigenvalue weighted by Crippen LogP contribution is -2.32. The van der Waals surface area contributed by atoms with Crippen LogP contribution in [0.5, 0.6) is 0 Å². The lowest BCUT2D eigenvalue weighted by molar-refractivity contribution is 0.270. The second kappa shape index (κ2) is 5.82. The summed E-state index contributed by atoms with van der Waals surface area (Å²) in [6.45, 7) is 4.20. The molecule has 0 spiro atoms. The molecular weight excluding hydrogens is 202 g/mol. The number of aromatic nitrogens is 1. The summed E-state index contributed by atoms with van der Waals surface area (Å²) in [6.07, 6.45) is 1.80. The number of anilines is 1. The van der Waals surface area contributed by atoms with Crippen molar-refractivity contribution in [2.24, 2.45) is 0 Å². The molecule has 4 nitrogen and oxygen atoms in total. The highest BCUT2D eigenvalue weighted by Gasteiger charge is 2.11. The van der Waals surface area contributed by atoms with Crippen molar-refractivity contribution >= 4 is 5.82 Å². The fourth-order valence-corrected chi connectivity index (χ4v) is 1.41. The van der Waals surface area contributed by atoms with Gasteiger partial charge >= 0.3 is 0 Å². The van der Waals surface area contributed by atoms with Gasteiger partial charge in [-0.05, 0) is 38.6 Å². The van der Waals surface area contributed by atoms with Crippen LogP contribution >= 0.6 is 0 Å². The largest absolute Gasteiger partial charge is 0.394 e. The lowest BCUT2D eigenvalue weighted by Gasteiger charge is -2.25. The molecule has 0 aliphatic carbocycles. The maximum atomic E-state index is 9.11. The fourth-order valence-electron chi connectivity index (χ4n) is 1.41. The summed E-state index contributed by atoms with van der Waals surface area (Å²) in [6, 6.07) is 4.43. The summed E-state index contributed by atoms with van der Waals surface area (Å²) in [7, 11) is 3.88. The molecule has 0 bridgehead atoms. The Hall–Kier alpha value is -1.13. The van der Waals surface area contributed by atoms with Crippen molar-refractivity contribution in [1.29, 1.82) is 0 Å². The predicted molar refractivity (Wildman–Crippen MR) is 66.7 cm³/mol. The second-order valence-corrected chi connectivity index (χ2v) is 4.10. The third kappa shape index (κ3) is 2.93. The zero-order valence-corrected chi connectivity index (χ0v) is 10.4. The number of hydrogen-bond acceptors (Lipinski definition) is 4. The van der Waals surface area contributed by atoms with Gasteiger partial charge in [-0.25, -0.2) is 4.98 Å². The van der Waals surface area contributed by atoms with E-state index in [2.05, 4.69) is 17.2 Å². The van der Waals surface area contributed by atoms with Gasteiger partial charge in [-0.1, -0.05) is 0 Å². The average Bonchev–Trinajstić information content (AvgIpc) is 2.36. The summed E-state index contributed by atoms with van der Waals surface area (Å²) < 4.78 is 0. The average molecular weight is 223 g/mol. The van der Waals surface area contributed by atoms with Gasteiger partial charge in [-0.2, -0.15) is 0 Å². The SMILES string of the molecule is CNC(C)c1ccnc(N(C)C(C)CO)c1. The molecule has 0 aliphatic heterocycles. The van der Waals surface area contributed by atoms with Crippen molar-refractivity contribution in [1.82, 2.24) is 10.3 Å². The maximum absolute atomic E-state index is 9.11. The predicted octanol–water partition coefficient (Wildman–Crippen LogP) is 1.18. The molecule has 0 aromatic carbocycles. The third-order valence-electron chi connectivity index (χ3n) is 2.99. The van der Waals surface area contributed by atoms with Gasteiger partial charge in [0.05, 0.1) is 12.6 Å². The highest BCUT2D eigenvalue weighted by molar-refractivity contribution is 5.41. The van der Waals surface area contributed by atoms with Crippen LogP contribution < -0.4 is 10.2 Å². The van der Waals surface area contributed by atoms with Crippen molar-refractivity contribution in [2.75, 3.05) is 25.6 Å². The first kappa shape index (κ1) is 12.9. The van der Waals surface area contributed by atoms with E-state index in [-0.39, 0.29) is 12.6 Å². The summed E-state index contributed by atoms with van der Waals surface area (Å²) in [5, 5.41) is 12.3. The van der Waals surface area contributed by atoms with Crippen molar-refractivity contribution in [3.8, 4) is 0 Å². The first-order valence-corrected chi connectivity index (χ1v) is 5.57. The molecule has 1 heterocycles. The van der Waals surface area contributed by atoms with Gasteiger partial charge in [0, 0.05) is 19.3 Å². The topological polar surface area (TPSA) is 48.4 Å². The molecule has 2 N–H and O–H groups in total. The van der Waals surface area contributed by atoms with Gasteiger partial charge in [0.25, 0.3) is 0 Å². The number of rotatable bonds is 5. The van der Waals surface area contributed by atoms with Crippen LogP contribution in [0.15, 0.2) is 18.3 Å². The molecule has 4 heteroatoms. The van der Waals surface area contributed by atoms with E-state index in [1.54, 1.807) is 6.20 Å². The van der Waals surface area contributed by atoms with Crippen LogP contribution in [0, 0.1) is 0 Å². The van der Waals surface area contributed by atoms with Crippen LogP contribution in [0.2, 0.25) is 0 Å². The maximum Gasteiger partial charge on any atom is 0.128 e. The van der Waals surface area contributed by atoms with E-state index >= 15 is 0 Å². The normalized spacial score (nSPS) is 14.6. The Morgan fingerprint density at radius 3 is 2.75 bits per heavy atom. The molecule has 2 atom stereocenters. The van der Waals surface area contributed by atoms with E-state index in [1.165, 1.54) is 5.56 Å². The third-order valence-corrected chi connectivity index (χ3v) is 2.99. The van der Waals surface area contributed by atoms with Crippen LogP contribution in [0.3, 0.4) is 0 Å². The van der Waals surface area contributed by atoms with E-state index in [4.69, 9.17) is 5.11 Å². The first-order valence-electron chi connectivity index (χ1n) is 5.57. The number of aliphatic hydroxyl groups is 1. The molecule has 1 aromatic heterocycles. The van der Waals surface area contributed by atoms with Gasteiger partial charge in [0.15, 0.2) is 0 Å². The minimum absolute atomic E-state index is 0.0765. The Kier molecular flexibility index (Phi) is 4.71. The van der Waals surface area contributed by atoms with Crippen molar-refractivity contribution in [3.63, 3.8) is 0 Å². The fraction of sp³-hybridized carbons (Fsp3) is 0.583. The summed E-state index contributed by atoms with van der Waals surface area (Å²) in [5.41, 5.74) is 1.20. The molecule has 16 heavy (non-hydrogen) atoms. The highest BCUT2D eigenvalue weighted by atomic mass is 16.3. The lowest BCUT2D eigenvalue weighted by atomic mass is 10.1. The van der Waals surface area contributed by atoms with E-state index in [0.717, 1.165) is 5.82 Å². The van der Waals surface area contributed by atoms with Crippen molar-refractivity contribution in [2.45, 2.75) is 25.9 Å². The summed E-state index contributed by atoms with van der Waals surface area (Å²) >= 11 is 0. The van der Waals surface area contributed by atoms with E-state index < -0.39 is 0 Å². The summed E-state index contributed by atoms with van der Waals surface area (Å²) in [5.74, 6) is 0.890. The minimum Gasteiger partial charge on any atom is -0.394 e. The number of likely N-dealkylation sites (N-methyl/N-ethyl adjacent to an activating group) is 1. The van der Waals surface area contributed by atoms with Gasteiger partial charge in [-0.15, -0.1) is 0 Å². The molecule has 90 valence electrons. The van der Waals surface area contributed by atoms with Crippen LogP contribution in [-0.2, 0) is 0 Å². The second-order valence-electron chi connectivity index (χ2n) is 4.10. The number of aliphatic hydroxyl groups excluding tert-OH is 1. The molecule has 1 rings (SSSR count). The smallest absolute Gasteiger partial charge is 0.128 e. The number of nitrogens with zero attached hydrogens (tertiary/aromatic N) is 2. The Morgan fingerprint density at radius 1 is 1.50 bits per heavy atom. The zero-order chi connectivity index (χ0) is 12.1. The monoisotopic (exact) mass is 223 g/mol. The van der Waals surface area contributed by atoms with E-state index in [9.17, 15) is 0 Å². The molecule has 0 aliphatic rings. The molecule has 0 saturated carbocycles. The number of nitrogens with one attached hydrogen (secondary N) is 1. The van der Waals surface area contributed by atoms with Crippen LogP contribution in [-0.4, -0.2) is 36.8 Å². The Bertz CT molecular complexity index is 330. The van der Waals surface area contributed by atoms with Crippen molar-refractivity contribution < 1.29 is 5.11 Å². The van der Waals surface area contributed by atoms with E-state index in [0.29, 0.717) is 6.04 Å². The molecule has 0 fully saturated rings. The Morgan fingerprint density at radius 2 is 2.19 bits per heavy atom. The molecule has 0 amide bonds. The Labute approximate surface area is 97.3 Å². The minimum atomic E-state index is 0.0765. The number of hydrogen-bond donors (Lipinski definition) is 2. The zero-order valence-electron chi connectivity index (χ0n) is 10.4. The van der Waals surface area contributed by atoms with Crippen molar-refractivity contribution in [3.05, 3.63) is 23.9 Å². The Balaban J connectivity index is 2.89. The molecule has 0 radical (unpaired) electrons. The van der Waals surface area contributed by atoms with E-state index in [1.807, 2.05) is 38.1 Å². The molecule has 1 aromatic rings. The molecule has 2 unspecified atom stereocenters. The standard InChI is InChI=1S/C12H21N3O/c1-9(8-16)15(4)12-7-11(5-6-14-12)10(2)13-3/h5-7,9-10,13,16H,8H2,1-4H3. The number of pyridine rings is 1. The highest BCUT2D eigenvalue weighted by Crippen LogP contribution is 2.18. The molecule has 0 saturated heterocycles. The van der Waals surface area contributed by atoms with Gasteiger partial charge in [0.2, 0.25) is 0 Å². The van der Waals surface area contributed by atoms with Crippen LogP contribution in [0.4, 0.5) is 5.82 Å². The van der Waals surface area contributed by atoms with Gasteiger partial charge in [0.1, 0.15) is 5.82 Å². The van der Waals surface area contributed by atoms with Gasteiger partial charge in [-0.3, -0.25) is 0 Å². The quantitative estimate of drug-likeness (QED) is 0.787.